The van der Waals surface area contributed by atoms with E-state index in [1.54, 1.807) is 0 Å². The van der Waals surface area contributed by atoms with Crippen molar-refractivity contribution < 1.29 is 9.90 Å². The molecule has 2 unspecified atom stereocenters. The van der Waals surface area contributed by atoms with E-state index in [1.165, 1.54) is 0 Å². The Morgan fingerprint density at radius 1 is 1.41 bits per heavy atom. The van der Waals surface area contributed by atoms with Gasteiger partial charge in [0.25, 0.3) is 0 Å². The van der Waals surface area contributed by atoms with Gasteiger partial charge in [-0.2, -0.15) is 0 Å². The summed E-state index contributed by atoms with van der Waals surface area (Å²) >= 11 is 0. The summed E-state index contributed by atoms with van der Waals surface area (Å²) in [6, 6.07) is 9.07. The number of primary amides is 1. The van der Waals surface area contributed by atoms with Gasteiger partial charge in [-0.05, 0) is 24.9 Å². The van der Waals surface area contributed by atoms with Crippen LogP contribution in [0.2, 0.25) is 0 Å². The first-order chi connectivity index (χ1) is 8.18. The Morgan fingerprint density at radius 3 is 2.71 bits per heavy atom. The van der Waals surface area contributed by atoms with Crippen molar-refractivity contribution in [2.24, 2.45) is 5.73 Å². The summed E-state index contributed by atoms with van der Waals surface area (Å²) in [4.78, 5) is 13.6. The van der Waals surface area contributed by atoms with Crippen LogP contribution in [0.5, 0.6) is 0 Å². The van der Waals surface area contributed by atoms with Crippen LogP contribution in [0, 0.1) is 0 Å². The summed E-state index contributed by atoms with van der Waals surface area (Å²) in [5, 5.41) is 9.66. The monoisotopic (exact) mass is 234 g/mol. The number of carbonyl (C=O) groups excluding carboxylic acids is 1. The average Bonchev–Trinajstić information content (AvgIpc) is 2.30. The molecule has 92 valence electrons. The van der Waals surface area contributed by atoms with E-state index in [0.29, 0.717) is 6.54 Å². The third-order valence-corrected chi connectivity index (χ3v) is 3.18. The molecule has 0 spiro atoms. The molecule has 1 heterocycles. The summed E-state index contributed by atoms with van der Waals surface area (Å²) in [6.45, 7) is 1.32. The molecule has 0 radical (unpaired) electrons. The lowest BCUT2D eigenvalue weighted by Gasteiger charge is -2.35. The molecule has 1 saturated heterocycles. The zero-order valence-electron chi connectivity index (χ0n) is 9.75. The maximum atomic E-state index is 11.6. The zero-order chi connectivity index (χ0) is 12.3. The molecule has 1 aromatic carbocycles. The number of benzene rings is 1. The molecule has 1 aromatic rings. The van der Waals surface area contributed by atoms with Crippen molar-refractivity contribution in [1.82, 2.24) is 4.90 Å². The van der Waals surface area contributed by atoms with E-state index < -0.39 is 6.04 Å². The van der Waals surface area contributed by atoms with E-state index >= 15 is 0 Å². The van der Waals surface area contributed by atoms with Gasteiger partial charge in [0.15, 0.2) is 0 Å². The molecule has 17 heavy (non-hydrogen) atoms. The molecule has 0 aromatic heterocycles. The SMILES string of the molecule is NC(=O)C(c1ccccc1)N1CCCC(O)C1. The lowest BCUT2D eigenvalue weighted by atomic mass is 10.0. The van der Waals surface area contributed by atoms with E-state index in [4.69, 9.17) is 5.73 Å². The molecule has 1 aliphatic heterocycles. The number of nitrogens with two attached hydrogens (primary N) is 1. The minimum atomic E-state index is -0.425. The third-order valence-electron chi connectivity index (χ3n) is 3.18. The maximum absolute atomic E-state index is 11.6. The Hall–Kier alpha value is -1.39. The molecule has 4 nitrogen and oxygen atoms in total. The van der Waals surface area contributed by atoms with Crippen LogP contribution in [0.15, 0.2) is 30.3 Å². The molecule has 4 heteroatoms. The number of aliphatic hydroxyl groups excluding tert-OH is 1. The number of carbonyl (C=O) groups is 1. The van der Waals surface area contributed by atoms with Gasteiger partial charge in [-0.3, -0.25) is 9.69 Å². The molecular weight excluding hydrogens is 216 g/mol. The zero-order valence-corrected chi connectivity index (χ0v) is 9.75. The fourth-order valence-corrected chi connectivity index (χ4v) is 2.41. The highest BCUT2D eigenvalue weighted by Crippen LogP contribution is 2.24. The highest BCUT2D eigenvalue weighted by atomic mass is 16.3. The van der Waals surface area contributed by atoms with E-state index in [1.807, 2.05) is 35.2 Å². The van der Waals surface area contributed by atoms with Gasteiger partial charge in [-0.1, -0.05) is 30.3 Å². The first-order valence-electron chi connectivity index (χ1n) is 5.95. The Balaban J connectivity index is 2.20. The Kier molecular flexibility index (Phi) is 3.76. The molecule has 1 amide bonds. The summed E-state index contributed by atoms with van der Waals surface area (Å²) in [5.41, 5.74) is 6.38. The van der Waals surface area contributed by atoms with E-state index in [0.717, 1.165) is 24.9 Å². The van der Waals surface area contributed by atoms with Gasteiger partial charge in [-0.15, -0.1) is 0 Å². The Bertz CT molecular complexity index is 380. The lowest BCUT2D eigenvalue weighted by molar-refractivity contribution is -0.124. The van der Waals surface area contributed by atoms with Crippen molar-refractivity contribution in [3.05, 3.63) is 35.9 Å². The maximum Gasteiger partial charge on any atom is 0.239 e. The lowest BCUT2D eigenvalue weighted by Crippen LogP contribution is -2.45. The average molecular weight is 234 g/mol. The minimum Gasteiger partial charge on any atom is -0.392 e. The second-order valence-electron chi connectivity index (χ2n) is 4.51. The van der Waals surface area contributed by atoms with Gasteiger partial charge >= 0.3 is 0 Å². The van der Waals surface area contributed by atoms with Gasteiger partial charge in [0.05, 0.1) is 6.10 Å². The predicted molar refractivity (Wildman–Crippen MR) is 65.2 cm³/mol. The minimum absolute atomic E-state index is 0.352. The summed E-state index contributed by atoms with van der Waals surface area (Å²) in [7, 11) is 0. The normalized spacial score (nSPS) is 23.2. The Morgan fingerprint density at radius 2 is 2.12 bits per heavy atom. The smallest absolute Gasteiger partial charge is 0.239 e. The second-order valence-corrected chi connectivity index (χ2v) is 4.51. The van der Waals surface area contributed by atoms with Crippen LogP contribution in [-0.4, -0.2) is 35.1 Å². The molecule has 3 N–H and O–H groups in total. The van der Waals surface area contributed by atoms with Crippen LogP contribution < -0.4 is 5.73 Å². The molecule has 0 bridgehead atoms. The molecule has 0 aliphatic carbocycles. The van der Waals surface area contributed by atoms with Crippen molar-refractivity contribution >= 4 is 5.91 Å². The van der Waals surface area contributed by atoms with Crippen molar-refractivity contribution in [3.63, 3.8) is 0 Å². The van der Waals surface area contributed by atoms with Crippen molar-refractivity contribution in [1.29, 1.82) is 0 Å². The summed E-state index contributed by atoms with van der Waals surface area (Å²) in [5.74, 6) is -0.356. The summed E-state index contributed by atoms with van der Waals surface area (Å²) < 4.78 is 0. The molecule has 1 aliphatic rings. The predicted octanol–water partition coefficient (Wildman–Crippen LogP) is 0.670. The first-order valence-corrected chi connectivity index (χ1v) is 5.95. The van der Waals surface area contributed by atoms with Gasteiger partial charge in [0.1, 0.15) is 6.04 Å². The van der Waals surface area contributed by atoms with Crippen molar-refractivity contribution in [2.45, 2.75) is 25.0 Å². The van der Waals surface area contributed by atoms with Gasteiger partial charge in [0, 0.05) is 6.54 Å². The molecule has 2 rings (SSSR count). The molecule has 1 fully saturated rings. The topological polar surface area (TPSA) is 66.6 Å². The number of hydrogen-bond acceptors (Lipinski definition) is 3. The fourth-order valence-electron chi connectivity index (χ4n) is 2.41. The largest absolute Gasteiger partial charge is 0.392 e. The van der Waals surface area contributed by atoms with Gasteiger partial charge in [0.2, 0.25) is 5.91 Å². The Labute approximate surface area is 101 Å². The molecular formula is C13H18N2O2. The van der Waals surface area contributed by atoms with Crippen LogP contribution in [0.3, 0.4) is 0 Å². The number of likely N-dealkylation sites (tertiary alicyclic amines) is 1. The van der Waals surface area contributed by atoms with Crippen LogP contribution in [0.25, 0.3) is 0 Å². The number of β-amino-alcohol motifs (C(OH)–C–C–N with tert-alkyl or cyclic N) is 1. The third kappa shape index (κ3) is 2.84. The van der Waals surface area contributed by atoms with E-state index in [9.17, 15) is 9.90 Å². The number of aliphatic hydroxyl groups is 1. The van der Waals surface area contributed by atoms with E-state index in [-0.39, 0.29) is 12.0 Å². The fraction of sp³-hybridized carbons (Fsp3) is 0.462. The standard InChI is InChI=1S/C13H18N2O2/c14-13(17)12(10-5-2-1-3-6-10)15-8-4-7-11(16)9-15/h1-3,5-6,11-12,16H,4,7-9H2,(H2,14,17). The van der Waals surface area contributed by atoms with Crippen molar-refractivity contribution in [3.8, 4) is 0 Å². The first kappa shape index (κ1) is 12.1. The molecule has 2 atom stereocenters. The highest BCUT2D eigenvalue weighted by Gasteiger charge is 2.29. The quantitative estimate of drug-likeness (QED) is 0.807. The van der Waals surface area contributed by atoms with E-state index in [2.05, 4.69) is 0 Å². The number of nitrogens with zero attached hydrogens (tertiary/aromatic N) is 1. The molecule has 0 saturated carbocycles. The van der Waals surface area contributed by atoms with Crippen LogP contribution >= 0.6 is 0 Å². The summed E-state index contributed by atoms with van der Waals surface area (Å²) in [6.07, 6.45) is 1.35. The van der Waals surface area contributed by atoms with Gasteiger partial charge < -0.3 is 10.8 Å². The number of amides is 1. The van der Waals surface area contributed by atoms with Crippen LogP contribution in [0.4, 0.5) is 0 Å². The number of piperidine rings is 1. The number of hydrogen-bond donors (Lipinski definition) is 2. The number of rotatable bonds is 3. The van der Waals surface area contributed by atoms with Crippen LogP contribution in [0.1, 0.15) is 24.4 Å². The second kappa shape index (κ2) is 5.29. The van der Waals surface area contributed by atoms with Crippen molar-refractivity contribution in [2.75, 3.05) is 13.1 Å². The highest BCUT2D eigenvalue weighted by molar-refractivity contribution is 5.81. The van der Waals surface area contributed by atoms with Crippen LogP contribution in [-0.2, 0) is 4.79 Å². The van der Waals surface area contributed by atoms with Gasteiger partial charge in [-0.25, -0.2) is 0 Å².